The Kier molecular flexibility index (Phi) is 3.83. The standard InChI is InChI=1S/C12H13N5O/c13-17-11-3-1-2-10(16-11)12(18)15-8-9-4-6-14-7-5-9/h1-7H,8,13H2,(H,15,18)(H,16,17). The zero-order chi connectivity index (χ0) is 12.8. The fourth-order valence-corrected chi connectivity index (χ4v) is 1.42. The minimum Gasteiger partial charge on any atom is -0.347 e. The van der Waals surface area contributed by atoms with Gasteiger partial charge < -0.3 is 10.7 Å². The number of carbonyl (C=O) groups excluding carboxylic acids is 1. The molecule has 4 N–H and O–H groups in total. The molecule has 6 heteroatoms. The molecule has 0 aliphatic heterocycles. The molecule has 0 bridgehead atoms. The summed E-state index contributed by atoms with van der Waals surface area (Å²) in [6.07, 6.45) is 3.36. The summed E-state index contributed by atoms with van der Waals surface area (Å²) in [5.41, 5.74) is 3.69. The summed E-state index contributed by atoms with van der Waals surface area (Å²) in [4.78, 5) is 19.8. The predicted molar refractivity (Wildman–Crippen MR) is 67.5 cm³/mol. The monoisotopic (exact) mass is 243 g/mol. The molecule has 92 valence electrons. The molecule has 1 amide bonds. The topological polar surface area (TPSA) is 92.9 Å². The highest BCUT2D eigenvalue weighted by atomic mass is 16.1. The van der Waals surface area contributed by atoms with E-state index in [-0.39, 0.29) is 5.91 Å². The number of amides is 1. The van der Waals surface area contributed by atoms with Gasteiger partial charge in [-0.2, -0.15) is 0 Å². The number of nitrogens with two attached hydrogens (primary N) is 1. The number of nitrogens with zero attached hydrogens (tertiary/aromatic N) is 2. The first kappa shape index (κ1) is 12.0. The van der Waals surface area contributed by atoms with E-state index in [9.17, 15) is 4.79 Å². The summed E-state index contributed by atoms with van der Waals surface area (Å²) < 4.78 is 0. The van der Waals surface area contributed by atoms with Crippen LogP contribution >= 0.6 is 0 Å². The van der Waals surface area contributed by atoms with Crippen LogP contribution < -0.4 is 16.6 Å². The largest absolute Gasteiger partial charge is 0.347 e. The van der Waals surface area contributed by atoms with Crippen molar-refractivity contribution >= 4 is 11.7 Å². The van der Waals surface area contributed by atoms with E-state index in [1.165, 1.54) is 0 Å². The summed E-state index contributed by atoms with van der Waals surface area (Å²) in [7, 11) is 0. The highest BCUT2D eigenvalue weighted by Gasteiger charge is 2.07. The highest BCUT2D eigenvalue weighted by molar-refractivity contribution is 5.92. The molecule has 0 radical (unpaired) electrons. The average Bonchev–Trinajstić information content (AvgIpc) is 2.46. The summed E-state index contributed by atoms with van der Waals surface area (Å²) in [6.45, 7) is 0.434. The predicted octanol–water partition coefficient (Wildman–Crippen LogP) is 0.692. The lowest BCUT2D eigenvalue weighted by Crippen LogP contribution is -2.24. The van der Waals surface area contributed by atoms with Crippen molar-refractivity contribution in [1.29, 1.82) is 0 Å². The molecule has 0 aliphatic rings. The lowest BCUT2D eigenvalue weighted by atomic mass is 10.2. The third kappa shape index (κ3) is 3.02. The van der Waals surface area contributed by atoms with Crippen LogP contribution in [0.1, 0.15) is 16.1 Å². The second-order valence-electron chi connectivity index (χ2n) is 3.59. The van der Waals surface area contributed by atoms with Gasteiger partial charge in [-0.05, 0) is 29.8 Å². The first-order chi connectivity index (χ1) is 8.79. The van der Waals surface area contributed by atoms with Crippen molar-refractivity contribution in [1.82, 2.24) is 15.3 Å². The van der Waals surface area contributed by atoms with E-state index in [1.807, 2.05) is 12.1 Å². The van der Waals surface area contributed by atoms with Crippen LogP contribution in [0.3, 0.4) is 0 Å². The summed E-state index contributed by atoms with van der Waals surface area (Å²) in [5, 5.41) is 2.77. The van der Waals surface area contributed by atoms with E-state index >= 15 is 0 Å². The molecule has 0 saturated carbocycles. The van der Waals surface area contributed by atoms with Crippen LogP contribution in [-0.2, 0) is 6.54 Å². The molecule has 2 aromatic heterocycles. The highest BCUT2D eigenvalue weighted by Crippen LogP contribution is 2.03. The number of nitrogen functional groups attached to an aromatic ring is 1. The minimum absolute atomic E-state index is 0.246. The Labute approximate surface area is 104 Å². The normalized spacial score (nSPS) is 9.83. The Morgan fingerprint density at radius 3 is 2.72 bits per heavy atom. The van der Waals surface area contributed by atoms with E-state index in [4.69, 9.17) is 5.84 Å². The van der Waals surface area contributed by atoms with Gasteiger partial charge in [-0.25, -0.2) is 10.8 Å². The molecule has 2 heterocycles. The third-order valence-corrected chi connectivity index (χ3v) is 2.33. The van der Waals surface area contributed by atoms with Crippen molar-refractivity contribution in [3.05, 3.63) is 54.0 Å². The van der Waals surface area contributed by atoms with Gasteiger partial charge in [0, 0.05) is 18.9 Å². The second-order valence-corrected chi connectivity index (χ2v) is 3.59. The number of carbonyl (C=O) groups is 1. The Morgan fingerprint density at radius 2 is 2.00 bits per heavy atom. The van der Waals surface area contributed by atoms with Crippen LogP contribution in [0.5, 0.6) is 0 Å². The maximum atomic E-state index is 11.8. The third-order valence-electron chi connectivity index (χ3n) is 2.33. The number of aromatic nitrogens is 2. The van der Waals surface area contributed by atoms with Crippen LogP contribution in [0.4, 0.5) is 5.82 Å². The van der Waals surface area contributed by atoms with Crippen LogP contribution in [0.15, 0.2) is 42.7 Å². The number of anilines is 1. The van der Waals surface area contributed by atoms with Gasteiger partial charge >= 0.3 is 0 Å². The van der Waals surface area contributed by atoms with Crippen molar-refractivity contribution in [2.75, 3.05) is 5.43 Å². The molecular formula is C12H13N5O. The lowest BCUT2D eigenvalue weighted by molar-refractivity contribution is 0.0946. The van der Waals surface area contributed by atoms with E-state index in [1.54, 1.807) is 30.6 Å². The van der Waals surface area contributed by atoms with Crippen molar-refractivity contribution in [2.45, 2.75) is 6.54 Å². The number of rotatable bonds is 4. The fraction of sp³-hybridized carbons (Fsp3) is 0.0833. The second kappa shape index (κ2) is 5.74. The van der Waals surface area contributed by atoms with E-state index < -0.39 is 0 Å². The maximum absolute atomic E-state index is 11.8. The number of pyridine rings is 2. The quantitative estimate of drug-likeness (QED) is 0.542. The number of nitrogens with one attached hydrogen (secondary N) is 2. The molecule has 2 rings (SSSR count). The Bertz CT molecular complexity index is 529. The molecule has 0 spiro atoms. The zero-order valence-corrected chi connectivity index (χ0v) is 9.63. The van der Waals surface area contributed by atoms with Gasteiger partial charge in [0.15, 0.2) is 0 Å². The van der Waals surface area contributed by atoms with E-state index in [0.29, 0.717) is 18.1 Å². The first-order valence-corrected chi connectivity index (χ1v) is 5.40. The first-order valence-electron chi connectivity index (χ1n) is 5.40. The lowest BCUT2D eigenvalue weighted by Gasteiger charge is -2.05. The molecule has 0 unspecified atom stereocenters. The van der Waals surface area contributed by atoms with E-state index in [0.717, 1.165) is 5.56 Å². The number of hydrazine groups is 1. The van der Waals surface area contributed by atoms with Gasteiger partial charge in [0.25, 0.3) is 5.91 Å². The molecular weight excluding hydrogens is 230 g/mol. The Hall–Kier alpha value is -2.47. The van der Waals surface area contributed by atoms with Crippen molar-refractivity contribution in [3.63, 3.8) is 0 Å². The fourth-order valence-electron chi connectivity index (χ4n) is 1.42. The van der Waals surface area contributed by atoms with Crippen molar-refractivity contribution in [3.8, 4) is 0 Å². The van der Waals surface area contributed by atoms with Gasteiger partial charge in [0.2, 0.25) is 0 Å². The Morgan fingerprint density at radius 1 is 1.22 bits per heavy atom. The molecule has 0 atom stereocenters. The zero-order valence-electron chi connectivity index (χ0n) is 9.63. The van der Waals surface area contributed by atoms with Crippen LogP contribution in [0.2, 0.25) is 0 Å². The molecule has 6 nitrogen and oxygen atoms in total. The van der Waals surface area contributed by atoms with Crippen LogP contribution in [0, 0.1) is 0 Å². The van der Waals surface area contributed by atoms with Crippen molar-refractivity contribution < 1.29 is 4.79 Å². The van der Waals surface area contributed by atoms with Gasteiger partial charge in [-0.3, -0.25) is 9.78 Å². The van der Waals surface area contributed by atoms with Crippen molar-refractivity contribution in [2.24, 2.45) is 5.84 Å². The van der Waals surface area contributed by atoms with Crippen LogP contribution in [-0.4, -0.2) is 15.9 Å². The maximum Gasteiger partial charge on any atom is 0.270 e. The SMILES string of the molecule is NNc1cccc(C(=O)NCc2ccncc2)n1. The smallest absolute Gasteiger partial charge is 0.270 e. The summed E-state index contributed by atoms with van der Waals surface area (Å²) in [6, 6.07) is 8.70. The van der Waals surface area contributed by atoms with Gasteiger partial charge in [0.05, 0.1) is 0 Å². The molecule has 0 aliphatic carbocycles. The number of hydrogen-bond acceptors (Lipinski definition) is 5. The van der Waals surface area contributed by atoms with Crippen LogP contribution in [0.25, 0.3) is 0 Å². The number of hydrogen-bond donors (Lipinski definition) is 3. The Balaban J connectivity index is 1.99. The summed E-state index contributed by atoms with van der Waals surface area (Å²) >= 11 is 0. The minimum atomic E-state index is -0.246. The molecule has 0 saturated heterocycles. The van der Waals surface area contributed by atoms with Gasteiger partial charge in [-0.15, -0.1) is 0 Å². The van der Waals surface area contributed by atoms with Gasteiger partial charge in [-0.1, -0.05) is 6.07 Å². The molecule has 0 aromatic carbocycles. The molecule has 2 aromatic rings. The van der Waals surface area contributed by atoms with Gasteiger partial charge in [0.1, 0.15) is 11.5 Å². The molecule has 0 fully saturated rings. The molecule has 18 heavy (non-hydrogen) atoms. The average molecular weight is 243 g/mol. The summed E-state index contributed by atoms with van der Waals surface area (Å²) in [5.74, 6) is 5.44. The van der Waals surface area contributed by atoms with E-state index in [2.05, 4.69) is 20.7 Å².